The van der Waals surface area contributed by atoms with Gasteiger partial charge in [-0.25, -0.2) is 0 Å². The van der Waals surface area contributed by atoms with Crippen LogP contribution in [0.4, 0.5) is 0 Å². The van der Waals surface area contributed by atoms with Gasteiger partial charge in [0.05, 0.1) is 0 Å². The van der Waals surface area contributed by atoms with E-state index in [1.807, 2.05) is 26.9 Å². The predicted octanol–water partition coefficient (Wildman–Crippen LogP) is 0.216. The Morgan fingerprint density at radius 1 is 0.867 bits per heavy atom. The second kappa shape index (κ2) is 6.74. The number of rotatable bonds is 8. The summed E-state index contributed by atoms with van der Waals surface area (Å²) in [5.41, 5.74) is 11.4. The molecule has 0 aromatic carbocycles. The molecule has 0 saturated heterocycles. The van der Waals surface area contributed by atoms with Crippen LogP contribution in [0.5, 0.6) is 0 Å². The lowest BCUT2D eigenvalue weighted by molar-refractivity contribution is 0.201. The molecule has 2 unspecified atom stereocenters. The van der Waals surface area contributed by atoms with Gasteiger partial charge in [-0.05, 0) is 26.9 Å². The van der Waals surface area contributed by atoms with Gasteiger partial charge in [0.15, 0.2) is 0 Å². The quantitative estimate of drug-likeness (QED) is 0.604. The molecule has 0 fully saturated rings. The van der Waals surface area contributed by atoms with E-state index >= 15 is 0 Å². The lowest BCUT2D eigenvalue weighted by Crippen LogP contribution is -2.59. The first-order valence-corrected chi connectivity index (χ1v) is 10.4. The van der Waals surface area contributed by atoms with Gasteiger partial charge in [0.1, 0.15) is 0 Å². The minimum atomic E-state index is -2.28. The van der Waals surface area contributed by atoms with E-state index in [1.54, 1.807) is 0 Å². The Bertz CT molecular complexity index is 169. The van der Waals surface area contributed by atoms with Crippen LogP contribution >= 0.6 is 0 Å². The van der Waals surface area contributed by atoms with Crippen LogP contribution in [0.15, 0.2) is 0 Å². The van der Waals surface area contributed by atoms with Gasteiger partial charge in [0.2, 0.25) is 0 Å². The summed E-state index contributed by atoms with van der Waals surface area (Å²) < 4.78 is 17.2. The van der Waals surface area contributed by atoms with E-state index in [2.05, 4.69) is 0 Å². The molecule has 0 aliphatic rings. The first-order chi connectivity index (χ1) is 6.95. The highest BCUT2D eigenvalue weighted by Crippen LogP contribution is 2.15. The van der Waals surface area contributed by atoms with Crippen molar-refractivity contribution >= 4 is 17.1 Å². The normalized spacial score (nSPS) is 19.6. The lowest BCUT2D eigenvalue weighted by Gasteiger charge is -2.35. The SMILES string of the molecule is CCO[Si](C)(CN)O[Si](C)(CN)OCC. The van der Waals surface area contributed by atoms with Crippen LogP contribution in [-0.4, -0.2) is 42.7 Å². The lowest BCUT2D eigenvalue weighted by atomic mass is 10.9. The van der Waals surface area contributed by atoms with Crippen molar-refractivity contribution in [2.75, 3.05) is 25.5 Å². The summed E-state index contributed by atoms with van der Waals surface area (Å²) in [6.07, 6.45) is 0.854. The molecular formula is C8H24N2O3Si2. The van der Waals surface area contributed by atoms with Crippen molar-refractivity contribution in [3.63, 3.8) is 0 Å². The van der Waals surface area contributed by atoms with Gasteiger partial charge in [-0.3, -0.25) is 0 Å². The Hall–Kier alpha value is 0.234. The molecule has 0 aliphatic carbocycles. The summed E-state index contributed by atoms with van der Waals surface area (Å²) in [6, 6.07) is 0. The largest absolute Gasteiger partial charge is 0.413 e. The second-order valence-corrected chi connectivity index (χ2v) is 10.4. The summed E-state index contributed by atoms with van der Waals surface area (Å²) in [5.74, 6) is 0. The fourth-order valence-electron chi connectivity index (χ4n) is 1.33. The molecule has 0 radical (unpaired) electrons. The van der Waals surface area contributed by atoms with Crippen LogP contribution in [0, 0.1) is 0 Å². The number of hydrogen-bond acceptors (Lipinski definition) is 5. The molecule has 0 bridgehead atoms. The third kappa shape index (κ3) is 5.20. The van der Waals surface area contributed by atoms with Crippen LogP contribution in [0.25, 0.3) is 0 Å². The molecular weight excluding hydrogens is 228 g/mol. The highest BCUT2D eigenvalue weighted by molar-refractivity contribution is 6.80. The van der Waals surface area contributed by atoms with Crippen molar-refractivity contribution in [3.8, 4) is 0 Å². The van der Waals surface area contributed by atoms with Crippen LogP contribution in [0.3, 0.4) is 0 Å². The molecule has 0 spiro atoms. The van der Waals surface area contributed by atoms with Gasteiger partial charge in [0.25, 0.3) is 0 Å². The molecule has 92 valence electrons. The Morgan fingerprint density at radius 2 is 1.20 bits per heavy atom. The highest BCUT2D eigenvalue weighted by atomic mass is 28.5. The van der Waals surface area contributed by atoms with Crippen LogP contribution < -0.4 is 11.5 Å². The number of hydrogen-bond donors (Lipinski definition) is 2. The Balaban J connectivity index is 4.47. The molecule has 0 heterocycles. The first-order valence-electron chi connectivity index (χ1n) is 5.33. The van der Waals surface area contributed by atoms with E-state index in [-0.39, 0.29) is 0 Å². The zero-order valence-corrected chi connectivity index (χ0v) is 12.2. The fourth-order valence-corrected chi connectivity index (χ4v) is 7.58. The summed E-state index contributed by atoms with van der Waals surface area (Å²) in [6.45, 7) is 9.01. The Labute approximate surface area is 94.6 Å². The standard InChI is InChI=1S/C8H24N2O3Si2/c1-5-11-14(3,7-9)13-15(4,8-10)12-6-2/h5-10H2,1-4H3. The van der Waals surface area contributed by atoms with Crippen LogP contribution in [-0.2, 0) is 13.0 Å². The van der Waals surface area contributed by atoms with Crippen LogP contribution in [0.2, 0.25) is 13.1 Å². The zero-order valence-electron chi connectivity index (χ0n) is 10.2. The van der Waals surface area contributed by atoms with Crippen molar-refractivity contribution in [1.29, 1.82) is 0 Å². The van der Waals surface area contributed by atoms with E-state index in [1.165, 1.54) is 0 Å². The monoisotopic (exact) mass is 252 g/mol. The van der Waals surface area contributed by atoms with E-state index in [0.717, 1.165) is 0 Å². The third-order valence-electron chi connectivity index (χ3n) is 2.07. The van der Waals surface area contributed by atoms with E-state index in [0.29, 0.717) is 25.5 Å². The summed E-state index contributed by atoms with van der Waals surface area (Å²) in [4.78, 5) is 0. The minimum absolute atomic E-state index is 0.427. The summed E-state index contributed by atoms with van der Waals surface area (Å²) in [5, 5.41) is 0. The topological polar surface area (TPSA) is 79.7 Å². The molecule has 0 rings (SSSR count). The molecule has 7 heteroatoms. The predicted molar refractivity (Wildman–Crippen MR) is 65.7 cm³/mol. The summed E-state index contributed by atoms with van der Waals surface area (Å²) in [7, 11) is -4.56. The fraction of sp³-hybridized carbons (Fsp3) is 1.00. The average Bonchev–Trinajstić information content (AvgIpc) is 2.18. The van der Waals surface area contributed by atoms with Crippen LogP contribution in [0.1, 0.15) is 13.8 Å². The molecule has 0 saturated carbocycles. The molecule has 0 aromatic rings. The smallest absolute Gasteiger partial charge is 0.340 e. The molecule has 2 atom stereocenters. The molecule has 4 N–H and O–H groups in total. The third-order valence-corrected chi connectivity index (χ3v) is 8.81. The maximum atomic E-state index is 5.99. The van der Waals surface area contributed by atoms with Gasteiger partial charge in [-0.1, -0.05) is 0 Å². The van der Waals surface area contributed by atoms with Crippen molar-refractivity contribution in [3.05, 3.63) is 0 Å². The summed E-state index contributed by atoms with van der Waals surface area (Å²) >= 11 is 0. The average molecular weight is 252 g/mol. The van der Waals surface area contributed by atoms with Gasteiger partial charge < -0.3 is 24.4 Å². The molecule has 0 aliphatic heterocycles. The second-order valence-electron chi connectivity index (χ2n) is 3.64. The maximum absolute atomic E-state index is 5.99. The van der Waals surface area contributed by atoms with Crippen molar-refractivity contribution in [1.82, 2.24) is 0 Å². The first kappa shape index (κ1) is 15.2. The zero-order chi connectivity index (χ0) is 11.9. The Morgan fingerprint density at radius 3 is 1.40 bits per heavy atom. The molecule has 0 aromatic heterocycles. The van der Waals surface area contributed by atoms with Crippen molar-refractivity contribution in [2.45, 2.75) is 26.9 Å². The maximum Gasteiger partial charge on any atom is 0.340 e. The van der Waals surface area contributed by atoms with Crippen molar-refractivity contribution in [2.24, 2.45) is 11.5 Å². The van der Waals surface area contributed by atoms with E-state index in [4.69, 9.17) is 24.4 Å². The van der Waals surface area contributed by atoms with E-state index < -0.39 is 17.1 Å². The number of nitrogens with two attached hydrogens (primary N) is 2. The highest BCUT2D eigenvalue weighted by Gasteiger charge is 2.41. The van der Waals surface area contributed by atoms with Crippen molar-refractivity contribution < 1.29 is 13.0 Å². The van der Waals surface area contributed by atoms with Gasteiger partial charge >= 0.3 is 17.1 Å². The molecule has 0 amide bonds. The molecule has 15 heavy (non-hydrogen) atoms. The molecule has 5 nitrogen and oxygen atoms in total. The van der Waals surface area contributed by atoms with E-state index in [9.17, 15) is 0 Å². The van der Waals surface area contributed by atoms with Gasteiger partial charge in [-0.15, -0.1) is 0 Å². The Kier molecular flexibility index (Phi) is 6.84. The van der Waals surface area contributed by atoms with Gasteiger partial charge in [0, 0.05) is 25.5 Å². The van der Waals surface area contributed by atoms with Gasteiger partial charge in [-0.2, -0.15) is 0 Å². The minimum Gasteiger partial charge on any atom is -0.413 e.